The Bertz CT molecular complexity index is 949. The minimum absolute atomic E-state index is 0.347. The van der Waals surface area contributed by atoms with E-state index in [2.05, 4.69) is 21.9 Å². The highest BCUT2D eigenvalue weighted by Crippen LogP contribution is 2.37. The van der Waals surface area contributed by atoms with Gasteiger partial charge < -0.3 is 11.1 Å². The number of hydrogen-bond acceptors (Lipinski definition) is 6. The molecule has 2 saturated carbocycles. The predicted molar refractivity (Wildman–Crippen MR) is 110 cm³/mol. The molecule has 0 bridgehead atoms. The number of anilines is 1. The number of aromatic nitrogens is 4. The number of aryl methyl sites for hydroxylation is 1. The maximum Gasteiger partial charge on any atom is 0.224 e. The Morgan fingerprint density at radius 2 is 2.00 bits per heavy atom. The molecular weight excluding hydrogens is 356 g/mol. The van der Waals surface area contributed by atoms with Gasteiger partial charge in [0.05, 0.1) is 11.9 Å². The van der Waals surface area contributed by atoms with E-state index in [0.29, 0.717) is 12.1 Å². The number of hydrogen-bond donors (Lipinski definition) is 2. The van der Waals surface area contributed by atoms with Crippen molar-refractivity contribution >= 4 is 27.5 Å². The Morgan fingerprint density at radius 3 is 2.78 bits per heavy atom. The lowest BCUT2D eigenvalue weighted by Crippen LogP contribution is -2.33. The zero-order chi connectivity index (χ0) is 18.4. The second-order valence-corrected chi connectivity index (χ2v) is 8.96. The first kappa shape index (κ1) is 17.1. The van der Waals surface area contributed by atoms with Gasteiger partial charge in [-0.1, -0.05) is 0 Å². The average Bonchev–Trinajstić information content (AvgIpc) is 3.23. The van der Waals surface area contributed by atoms with Crippen LogP contribution in [0.3, 0.4) is 0 Å². The van der Waals surface area contributed by atoms with Gasteiger partial charge in [-0.2, -0.15) is 5.10 Å². The Kier molecular flexibility index (Phi) is 4.36. The molecule has 0 aliphatic heterocycles. The van der Waals surface area contributed by atoms with E-state index < -0.39 is 0 Å². The zero-order valence-electron chi connectivity index (χ0n) is 15.7. The molecule has 2 aliphatic carbocycles. The van der Waals surface area contributed by atoms with E-state index >= 15 is 0 Å². The molecule has 0 unspecified atom stereocenters. The summed E-state index contributed by atoms with van der Waals surface area (Å²) in [4.78, 5) is 10.8. The molecule has 3 N–H and O–H groups in total. The van der Waals surface area contributed by atoms with Crippen LogP contribution in [0, 0.1) is 5.92 Å². The van der Waals surface area contributed by atoms with Crippen LogP contribution >= 0.6 is 11.3 Å². The molecule has 6 nitrogen and oxygen atoms in total. The number of fused-ring (bicyclic) bond motifs is 1. The molecule has 0 saturated heterocycles. The molecule has 0 amide bonds. The van der Waals surface area contributed by atoms with Gasteiger partial charge in [0.2, 0.25) is 5.95 Å². The zero-order valence-corrected chi connectivity index (χ0v) is 16.5. The number of rotatable bonds is 5. The largest absolute Gasteiger partial charge is 0.351 e. The summed E-state index contributed by atoms with van der Waals surface area (Å²) in [7, 11) is 2.04. The summed E-state index contributed by atoms with van der Waals surface area (Å²) in [6, 6.07) is 2.89. The minimum atomic E-state index is 0.347. The highest BCUT2D eigenvalue weighted by atomic mass is 32.1. The minimum Gasteiger partial charge on any atom is -0.351 e. The first-order chi connectivity index (χ1) is 13.2. The van der Waals surface area contributed by atoms with Gasteiger partial charge >= 0.3 is 0 Å². The Balaban J connectivity index is 1.51. The molecule has 0 radical (unpaired) electrons. The molecular formula is C20H26N6S. The highest BCUT2D eigenvalue weighted by molar-refractivity contribution is 7.16. The number of thiophene rings is 1. The van der Waals surface area contributed by atoms with E-state index in [1.165, 1.54) is 18.5 Å². The third-order valence-corrected chi connectivity index (χ3v) is 6.73. The number of nitrogens with zero attached hydrogens (tertiary/aromatic N) is 4. The van der Waals surface area contributed by atoms with Crippen molar-refractivity contribution in [1.82, 2.24) is 19.7 Å². The van der Waals surface area contributed by atoms with Crippen LogP contribution in [-0.4, -0.2) is 31.8 Å². The molecule has 142 valence electrons. The van der Waals surface area contributed by atoms with Gasteiger partial charge in [-0.15, -0.1) is 11.3 Å². The highest BCUT2D eigenvalue weighted by Gasteiger charge is 2.26. The predicted octanol–water partition coefficient (Wildman–Crippen LogP) is 3.73. The topological polar surface area (TPSA) is 81.7 Å². The van der Waals surface area contributed by atoms with Crippen LogP contribution in [0.1, 0.15) is 44.2 Å². The van der Waals surface area contributed by atoms with Gasteiger partial charge in [-0.05, 0) is 62.3 Å². The van der Waals surface area contributed by atoms with Gasteiger partial charge in [0.15, 0.2) is 0 Å². The summed E-state index contributed by atoms with van der Waals surface area (Å²) < 4.78 is 2.02. The summed E-state index contributed by atoms with van der Waals surface area (Å²) in [5.74, 6) is 1.55. The van der Waals surface area contributed by atoms with E-state index in [9.17, 15) is 0 Å². The second-order valence-electron chi connectivity index (χ2n) is 8.07. The maximum atomic E-state index is 6.05. The van der Waals surface area contributed by atoms with Crippen molar-refractivity contribution in [2.45, 2.75) is 57.0 Å². The fraction of sp³-hybridized carbons (Fsp3) is 0.550. The molecule has 2 aliphatic rings. The lowest BCUT2D eigenvalue weighted by atomic mass is 9.92. The number of nitrogens with two attached hydrogens (primary N) is 1. The molecule has 3 aromatic heterocycles. The maximum absolute atomic E-state index is 6.05. The van der Waals surface area contributed by atoms with Crippen LogP contribution in [0.25, 0.3) is 21.5 Å². The first-order valence-electron chi connectivity index (χ1n) is 9.96. The van der Waals surface area contributed by atoms with Crippen molar-refractivity contribution in [2.75, 3.05) is 5.32 Å². The van der Waals surface area contributed by atoms with Gasteiger partial charge in [-0.3, -0.25) is 4.68 Å². The smallest absolute Gasteiger partial charge is 0.224 e. The van der Waals surface area contributed by atoms with Crippen LogP contribution < -0.4 is 11.1 Å². The molecule has 27 heavy (non-hydrogen) atoms. The van der Waals surface area contributed by atoms with Crippen LogP contribution in [0.5, 0.6) is 0 Å². The van der Waals surface area contributed by atoms with Crippen LogP contribution in [0.4, 0.5) is 5.95 Å². The normalized spacial score (nSPS) is 23.0. The third kappa shape index (κ3) is 3.46. The summed E-state index contributed by atoms with van der Waals surface area (Å²) in [5, 5.41) is 11.3. The van der Waals surface area contributed by atoms with E-state index in [4.69, 9.17) is 15.7 Å². The van der Waals surface area contributed by atoms with E-state index in [1.54, 1.807) is 11.3 Å². The molecule has 2 fully saturated rings. The lowest BCUT2D eigenvalue weighted by Gasteiger charge is -2.26. The summed E-state index contributed by atoms with van der Waals surface area (Å²) >= 11 is 1.67. The molecule has 3 aromatic rings. The van der Waals surface area contributed by atoms with Gasteiger partial charge in [-0.25, -0.2) is 9.97 Å². The standard InChI is InChI=1S/C20H26N6S/c1-26-17(10-12-2-3-12)16(11-22-26)18-15-8-9-27-19(15)25-20(24-18)23-14-6-4-13(21)5-7-14/h8-9,11-14H,2-7,10,21H2,1H3,(H,23,24,25). The summed E-state index contributed by atoms with van der Waals surface area (Å²) in [6.07, 6.45) is 10.0. The molecule has 7 heteroatoms. The second kappa shape index (κ2) is 6.87. The molecule has 5 rings (SSSR count). The Morgan fingerprint density at radius 1 is 1.19 bits per heavy atom. The average molecular weight is 383 g/mol. The van der Waals surface area contributed by atoms with Crippen LogP contribution in [0.2, 0.25) is 0 Å². The van der Waals surface area contributed by atoms with Crippen molar-refractivity contribution in [3.8, 4) is 11.3 Å². The fourth-order valence-corrected chi connectivity index (χ4v) is 4.83. The van der Waals surface area contributed by atoms with E-state index in [-0.39, 0.29) is 0 Å². The molecule has 0 spiro atoms. The van der Waals surface area contributed by atoms with Crippen LogP contribution in [-0.2, 0) is 13.5 Å². The van der Waals surface area contributed by atoms with Gasteiger partial charge in [0, 0.05) is 35.8 Å². The lowest BCUT2D eigenvalue weighted by molar-refractivity contribution is 0.410. The van der Waals surface area contributed by atoms with E-state index in [0.717, 1.165) is 65.4 Å². The van der Waals surface area contributed by atoms with Crippen molar-refractivity contribution in [2.24, 2.45) is 18.7 Å². The quantitative estimate of drug-likeness (QED) is 0.703. The SMILES string of the molecule is Cn1ncc(-c2nc(NC3CCC(N)CC3)nc3sccc23)c1CC1CC1. The van der Waals surface area contributed by atoms with Gasteiger partial charge in [0.25, 0.3) is 0 Å². The monoisotopic (exact) mass is 382 g/mol. The molecule has 3 heterocycles. The van der Waals surface area contributed by atoms with E-state index in [1.807, 2.05) is 17.9 Å². The van der Waals surface area contributed by atoms with Crippen molar-refractivity contribution in [3.05, 3.63) is 23.3 Å². The number of nitrogens with one attached hydrogen (secondary N) is 1. The molecule has 0 atom stereocenters. The first-order valence-corrected chi connectivity index (χ1v) is 10.8. The van der Waals surface area contributed by atoms with Crippen LogP contribution in [0.15, 0.2) is 17.6 Å². The summed E-state index contributed by atoms with van der Waals surface area (Å²) in [5.41, 5.74) is 9.51. The Labute approximate surface area is 163 Å². The summed E-state index contributed by atoms with van der Waals surface area (Å²) in [6.45, 7) is 0. The molecule has 0 aromatic carbocycles. The Hall–Kier alpha value is -1.99. The van der Waals surface area contributed by atoms with Crippen molar-refractivity contribution < 1.29 is 0 Å². The van der Waals surface area contributed by atoms with Crippen molar-refractivity contribution in [3.63, 3.8) is 0 Å². The fourth-order valence-electron chi connectivity index (χ4n) is 4.07. The third-order valence-electron chi connectivity index (χ3n) is 5.93. The van der Waals surface area contributed by atoms with Gasteiger partial charge in [0.1, 0.15) is 4.83 Å². The van der Waals surface area contributed by atoms with Crippen molar-refractivity contribution in [1.29, 1.82) is 0 Å².